The van der Waals surface area contributed by atoms with Crippen molar-refractivity contribution in [1.29, 1.82) is 0 Å². The number of hydrogen-bond donors (Lipinski definition) is 2. The van der Waals surface area contributed by atoms with Crippen LogP contribution >= 0.6 is 35.2 Å². The molecule has 0 unspecified atom stereocenters. The van der Waals surface area contributed by atoms with Crippen LogP contribution in [-0.2, 0) is 9.59 Å². The van der Waals surface area contributed by atoms with Crippen LogP contribution in [0, 0.1) is 0 Å². The van der Waals surface area contributed by atoms with Crippen molar-refractivity contribution < 1.29 is 9.59 Å². The highest BCUT2D eigenvalue weighted by Gasteiger charge is 2.29. The number of thiol groups is 1. The Hall–Kier alpha value is -0.240. The lowest BCUT2D eigenvalue weighted by Crippen LogP contribution is -2.48. The summed E-state index contributed by atoms with van der Waals surface area (Å²) in [6.07, 6.45) is 1.58. The molecular weight excluding hydrogens is 387 g/mol. The van der Waals surface area contributed by atoms with Gasteiger partial charge in [-0.2, -0.15) is 12.6 Å². The van der Waals surface area contributed by atoms with E-state index in [1.807, 2.05) is 27.7 Å². The fourth-order valence-electron chi connectivity index (χ4n) is 1.81. The van der Waals surface area contributed by atoms with Gasteiger partial charge in [0.1, 0.15) is 0 Å². The van der Waals surface area contributed by atoms with Gasteiger partial charge in [-0.05, 0) is 32.9 Å². The third-order valence-corrected chi connectivity index (χ3v) is 3.64. The summed E-state index contributed by atoms with van der Waals surface area (Å²) >= 11 is 6.38. The van der Waals surface area contributed by atoms with E-state index in [0.717, 1.165) is 12.8 Å². The minimum Gasteiger partial charge on any atom is -0.348 e. The molecule has 0 spiro atoms. The third kappa shape index (κ3) is 6.97. The standard InChI is InChI=1S/C14H25IN2O2S/c1-10(13(19)16-14(3,4)5)12(11(2)15)17(9-18)7-6-8-20/h9,11-12,20H,1,6-8H2,2-5H3,(H,16,19)/t11-,12+/m0/s1. The minimum atomic E-state index is -0.323. The predicted molar refractivity (Wildman–Crippen MR) is 95.5 cm³/mol. The second-order valence-electron chi connectivity index (χ2n) is 5.77. The highest BCUT2D eigenvalue weighted by atomic mass is 127. The van der Waals surface area contributed by atoms with Gasteiger partial charge in [-0.25, -0.2) is 0 Å². The van der Waals surface area contributed by atoms with Gasteiger partial charge in [0.05, 0.1) is 6.04 Å². The molecule has 0 bridgehead atoms. The topological polar surface area (TPSA) is 49.4 Å². The first-order chi connectivity index (χ1) is 9.14. The summed E-state index contributed by atoms with van der Waals surface area (Å²) < 4.78 is 0.0935. The second kappa shape index (κ2) is 8.92. The van der Waals surface area contributed by atoms with Gasteiger partial charge in [-0.3, -0.25) is 9.59 Å². The summed E-state index contributed by atoms with van der Waals surface area (Å²) in [6, 6.07) is -0.296. The van der Waals surface area contributed by atoms with E-state index in [-0.39, 0.29) is 21.4 Å². The Kier molecular flexibility index (Phi) is 8.81. The van der Waals surface area contributed by atoms with Gasteiger partial charge in [-0.15, -0.1) is 0 Å². The van der Waals surface area contributed by atoms with Crippen molar-refractivity contribution in [3.05, 3.63) is 12.2 Å². The van der Waals surface area contributed by atoms with Crippen LogP contribution in [0.4, 0.5) is 0 Å². The van der Waals surface area contributed by atoms with Crippen LogP contribution in [0.3, 0.4) is 0 Å². The summed E-state index contributed by atoms with van der Waals surface area (Å²) in [5.74, 6) is 0.497. The lowest BCUT2D eigenvalue weighted by atomic mass is 10.0. The maximum atomic E-state index is 12.2. The highest BCUT2D eigenvalue weighted by molar-refractivity contribution is 14.1. The maximum absolute atomic E-state index is 12.2. The molecule has 0 aromatic carbocycles. The Morgan fingerprint density at radius 2 is 2.05 bits per heavy atom. The number of nitrogens with zero attached hydrogens (tertiary/aromatic N) is 1. The number of rotatable bonds is 8. The molecule has 4 nitrogen and oxygen atoms in total. The molecule has 0 aliphatic carbocycles. The number of carbonyl (C=O) groups excluding carboxylic acids is 2. The molecule has 0 radical (unpaired) electrons. The number of amides is 2. The van der Waals surface area contributed by atoms with Crippen LogP contribution in [-0.4, -0.2) is 45.0 Å². The van der Waals surface area contributed by atoms with Crippen molar-refractivity contribution in [1.82, 2.24) is 10.2 Å². The average molecular weight is 412 g/mol. The molecule has 0 heterocycles. The minimum absolute atomic E-state index is 0.0935. The zero-order valence-corrected chi connectivity index (χ0v) is 15.7. The Labute approximate surface area is 141 Å². The molecule has 20 heavy (non-hydrogen) atoms. The van der Waals surface area contributed by atoms with Crippen LogP contribution in [0.5, 0.6) is 0 Å². The Balaban J connectivity index is 5.02. The van der Waals surface area contributed by atoms with E-state index in [9.17, 15) is 9.59 Å². The quantitative estimate of drug-likeness (QED) is 0.212. The SMILES string of the molecule is C=C(C(=O)NC(C)(C)C)[C@H]([C@H](C)I)N(C=O)CCCS. The van der Waals surface area contributed by atoms with E-state index in [0.29, 0.717) is 17.9 Å². The fraction of sp³-hybridized carbons (Fsp3) is 0.714. The summed E-state index contributed by atoms with van der Waals surface area (Å²) in [4.78, 5) is 25.2. The molecular formula is C14H25IN2O2S. The molecule has 0 fully saturated rings. The Morgan fingerprint density at radius 3 is 2.40 bits per heavy atom. The molecule has 2 amide bonds. The predicted octanol–water partition coefficient (Wildman–Crippen LogP) is 2.43. The van der Waals surface area contributed by atoms with Crippen molar-refractivity contribution in [2.45, 2.75) is 49.6 Å². The van der Waals surface area contributed by atoms with Gasteiger partial charge in [0.25, 0.3) is 0 Å². The molecule has 0 aliphatic heterocycles. The maximum Gasteiger partial charge on any atom is 0.249 e. The monoisotopic (exact) mass is 412 g/mol. The van der Waals surface area contributed by atoms with Gasteiger partial charge >= 0.3 is 0 Å². The van der Waals surface area contributed by atoms with Crippen LogP contribution in [0.25, 0.3) is 0 Å². The number of halogens is 1. The van der Waals surface area contributed by atoms with Gasteiger partial charge in [-0.1, -0.05) is 36.1 Å². The molecule has 0 rings (SSSR count). The summed E-state index contributed by atoms with van der Waals surface area (Å²) in [5.41, 5.74) is 0.101. The zero-order valence-electron chi connectivity index (χ0n) is 12.6. The zero-order chi connectivity index (χ0) is 15.9. The lowest BCUT2D eigenvalue weighted by Gasteiger charge is -2.33. The van der Waals surface area contributed by atoms with E-state index in [1.165, 1.54) is 0 Å². The van der Waals surface area contributed by atoms with Gasteiger partial charge in [0.2, 0.25) is 12.3 Å². The van der Waals surface area contributed by atoms with Gasteiger partial charge in [0, 0.05) is 21.6 Å². The van der Waals surface area contributed by atoms with Crippen molar-refractivity contribution in [3.8, 4) is 0 Å². The number of nitrogens with one attached hydrogen (secondary N) is 1. The van der Waals surface area contributed by atoms with Crippen LogP contribution in [0.15, 0.2) is 12.2 Å². The third-order valence-electron chi connectivity index (χ3n) is 2.64. The molecule has 0 aliphatic rings. The molecule has 0 aromatic rings. The van der Waals surface area contributed by atoms with E-state index in [1.54, 1.807) is 4.90 Å². The van der Waals surface area contributed by atoms with Crippen molar-refractivity contribution in [2.24, 2.45) is 0 Å². The Morgan fingerprint density at radius 1 is 1.50 bits per heavy atom. The second-order valence-corrected chi connectivity index (χ2v) is 8.18. The van der Waals surface area contributed by atoms with Crippen molar-refractivity contribution in [2.75, 3.05) is 12.3 Å². The normalized spacial score (nSPS) is 14.3. The van der Waals surface area contributed by atoms with Crippen molar-refractivity contribution >= 4 is 47.5 Å². The highest BCUT2D eigenvalue weighted by Crippen LogP contribution is 2.20. The van der Waals surface area contributed by atoms with E-state index in [4.69, 9.17) is 0 Å². The number of hydrogen-bond acceptors (Lipinski definition) is 3. The first-order valence-electron chi connectivity index (χ1n) is 6.61. The lowest BCUT2D eigenvalue weighted by molar-refractivity contribution is -0.121. The van der Waals surface area contributed by atoms with Gasteiger partial charge in [0.15, 0.2) is 0 Å². The Bertz CT molecular complexity index is 354. The van der Waals surface area contributed by atoms with Crippen LogP contribution in [0.1, 0.15) is 34.1 Å². The molecule has 0 aromatic heterocycles. The summed E-state index contributed by atoms with van der Waals surface area (Å²) in [6.45, 7) is 12.2. The number of carbonyl (C=O) groups is 2. The van der Waals surface area contributed by atoms with E-state index < -0.39 is 0 Å². The molecule has 2 atom stereocenters. The van der Waals surface area contributed by atoms with Crippen LogP contribution in [0.2, 0.25) is 0 Å². The summed E-state index contributed by atoms with van der Waals surface area (Å²) in [5, 5.41) is 2.89. The van der Waals surface area contributed by atoms with Crippen LogP contribution < -0.4 is 5.32 Å². The van der Waals surface area contributed by atoms with E-state index >= 15 is 0 Å². The van der Waals surface area contributed by atoms with E-state index in [2.05, 4.69) is 47.1 Å². The molecule has 1 N–H and O–H groups in total. The molecule has 6 heteroatoms. The first-order valence-corrected chi connectivity index (χ1v) is 8.49. The average Bonchev–Trinajstić information content (AvgIpc) is 2.30. The molecule has 116 valence electrons. The fourth-order valence-corrected chi connectivity index (χ4v) is 2.80. The molecule has 0 saturated heterocycles. The first kappa shape index (κ1) is 19.8. The smallest absolute Gasteiger partial charge is 0.249 e. The number of alkyl halides is 1. The largest absolute Gasteiger partial charge is 0.348 e. The summed E-state index contributed by atoms with van der Waals surface area (Å²) in [7, 11) is 0. The van der Waals surface area contributed by atoms with Crippen molar-refractivity contribution in [3.63, 3.8) is 0 Å². The van der Waals surface area contributed by atoms with Gasteiger partial charge < -0.3 is 10.2 Å². The molecule has 0 saturated carbocycles.